The number of ketones is 1. The van der Waals surface area contributed by atoms with Crippen molar-refractivity contribution in [1.82, 2.24) is 14.9 Å². The average Bonchev–Trinajstić information content (AvgIpc) is 3.38. The maximum absolute atomic E-state index is 15.0. The fourth-order valence-electron chi connectivity index (χ4n) is 4.19. The summed E-state index contributed by atoms with van der Waals surface area (Å²) in [6.07, 6.45) is 3.19. The predicted octanol–water partition coefficient (Wildman–Crippen LogP) is 5.43. The van der Waals surface area contributed by atoms with Gasteiger partial charge in [0.15, 0.2) is 5.76 Å². The van der Waals surface area contributed by atoms with Crippen LogP contribution in [0.3, 0.4) is 0 Å². The molecule has 0 saturated heterocycles. The van der Waals surface area contributed by atoms with Gasteiger partial charge in [-0.2, -0.15) is 0 Å². The molecule has 1 atom stereocenters. The molecule has 1 aliphatic heterocycles. The van der Waals surface area contributed by atoms with Gasteiger partial charge in [0.25, 0.3) is 5.91 Å². The molecule has 174 valence electrons. The molecule has 2 aromatic carbocycles. The number of aryl methyl sites for hydroxylation is 1. The number of nitrogens with zero attached hydrogens (tertiary/aromatic N) is 3. The molecule has 2 aromatic heterocycles. The number of aliphatic hydroxyl groups excluding tert-OH is 1. The highest BCUT2D eigenvalue weighted by Gasteiger charge is 2.45. The number of Topliss-reactive ketones (excluding diaryl/α,β-unsaturated/α-hetero) is 1. The first kappa shape index (κ1) is 22.6. The van der Waals surface area contributed by atoms with Crippen molar-refractivity contribution in [3.63, 3.8) is 0 Å². The number of aliphatic hydroxyl groups is 1. The number of rotatable bonds is 6. The maximum Gasteiger partial charge on any atom is 0.290 e. The van der Waals surface area contributed by atoms with E-state index >= 15 is 0 Å². The molecular formula is C27H20FN3O3S. The van der Waals surface area contributed by atoms with Gasteiger partial charge in [-0.3, -0.25) is 14.6 Å². The molecule has 5 rings (SSSR count). The van der Waals surface area contributed by atoms with Gasteiger partial charge in [0, 0.05) is 30.1 Å². The Kier molecular flexibility index (Phi) is 5.96. The molecule has 1 aliphatic rings. The second-order valence-corrected chi connectivity index (χ2v) is 9.11. The van der Waals surface area contributed by atoms with E-state index in [4.69, 9.17) is 0 Å². The lowest BCUT2D eigenvalue weighted by Gasteiger charge is -2.27. The van der Waals surface area contributed by atoms with E-state index in [-0.39, 0.29) is 17.7 Å². The Bertz CT molecular complexity index is 1450. The highest BCUT2D eigenvalue weighted by Crippen LogP contribution is 2.42. The average molecular weight is 486 g/mol. The Morgan fingerprint density at radius 1 is 1.09 bits per heavy atom. The van der Waals surface area contributed by atoms with Crippen LogP contribution in [-0.2, 0) is 11.3 Å². The van der Waals surface area contributed by atoms with Gasteiger partial charge in [0.2, 0.25) is 5.78 Å². The van der Waals surface area contributed by atoms with Crippen LogP contribution in [0.15, 0.2) is 90.5 Å². The number of thiazole rings is 1. The molecule has 1 unspecified atom stereocenters. The van der Waals surface area contributed by atoms with Crippen LogP contribution in [0.1, 0.15) is 32.5 Å². The molecule has 35 heavy (non-hydrogen) atoms. The third-order valence-electron chi connectivity index (χ3n) is 5.85. The molecule has 0 fully saturated rings. The Morgan fingerprint density at radius 2 is 1.83 bits per heavy atom. The second-order valence-electron chi connectivity index (χ2n) is 8.11. The number of aromatic nitrogens is 2. The molecule has 0 radical (unpaired) electrons. The van der Waals surface area contributed by atoms with E-state index in [9.17, 15) is 19.1 Å². The van der Waals surface area contributed by atoms with Gasteiger partial charge in [0.05, 0.1) is 22.2 Å². The van der Waals surface area contributed by atoms with Gasteiger partial charge in [0.1, 0.15) is 10.8 Å². The fraction of sp³-hybridized carbons (Fsp3) is 0.111. The summed E-state index contributed by atoms with van der Waals surface area (Å²) in [4.78, 5) is 37.2. The summed E-state index contributed by atoms with van der Waals surface area (Å²) in [6, 6.07) is 17.8. The normalized spacial score (nSPS) is 15.7. The lowest BCUT2D eigenvalue weighted by Crippen LogP contribution is -2.31. The third kappa shape index (κ3) is 4.13. The van der Waals surface area contributed by atoms with Crippen LogP contribution < -0.4 is 0 Å². The number of halogens is 1. The van der Waals surface area contributed by atoms with Crippen molar-refractivity contribution in [2.45, 2.75) is 19.5 Å². The Morgan fingerprint density at radius 3 is 2.54 bits per heavy atom. The molecule has 6 nitrogen and oxygen atoms in total. The minimum atomic E-state index is -1.10. The lowest BCUT2D eigenvalue weighted by atomic mass is 9.94. The van der Waals surface area contributed by atoms with E-state index in [0.717, 1.165) is 5.56 Å². The number of amides is 1. The Hall–Kier alpha value is -4.17. The van der Waals surface area contributed by atoms with Crippen LogP contribution in [0.4, 0.5) is 4.39 Å². The summed E-state index contributed by atoms with van der Waals surface area (Å²) in [5.74, 6) is -2.54. The zero-order valence-corrected chi connectivity index (χ0v) is 19.5. The van der Waals surface area contributed by atoms with E-state index in [1.807, 2.05) is 30.3 Å². The van der Waals surface area contributed by atoms with E-state index in [1.54, 1.807) is 37.5 Å². The summed E-state index contributed by atoms with van der Waals surface area (Å²) < 4.78 is 15.0. The van der Waals surface area contributed by atoms with E-state index in [0.29, 0.717) is 21.1 Å². The monoisotopic (exact) mass is 485 g/mol. The maximum atomic E-state index is 15.0. The van der Waals surface area contributed by atoms with Gasteiger partial charge < -0.3 is 10.0 Å². The summed E-state index contributed by atoms with van der Waals surface area (Å²) in [5.41, 5.74) is 1.98. The minimum absolute atomic E-state index is 0.0451. The zero-order valence-electron chi connectivity index (χ0n) is 18.7. The first-order valence-corrected chi connectivity index (χ1v) is 11.7. The molecule has 0 aliphatic carbocycles. The summed E-state index contributed by atoms with van der Waals surface area (Å²) >= 11 is 1.18. The second kappa shape index (κ2) is 9.23. The quantitative estimate of drug-likeness (QED) is 0.368. The highest BCUT2D eigenvalue weighted by atomic mass is 32.1. The van der Waals surface area contributed by atoms with Crippen LogP contribution in [-0.4, -0.2) is 31.7 Å². The van der Waals surface area contributed by atoms with Gasteiger partial charge in [-0.05, 0) is 24.6 Å². The SMILES string of the molecule is Cc1nc(-c2ccccc2)sc1C(=O)C1=C(O)C(=O)N(Cc2cccnc2)C1c1ccccc1F. The van der Waals surface area contributed by atoms with Crippen molar-refractivity contribution in [2.24, 2.45) is 0 Å². The van der Waals surface area contributed by atoms with Crippen LogP contribution in [0.25, 0.3) is 10.6 Å². The molecule has 8 heteroatoms. The summed E-state index contributed by atoms with van der Waals surface area (Å²) in [5, 5.41) is 11.5. The van der Waals surface area contributed by atoms with Crippen molar-refractivity contribution in [3.05, 3.63) is 118 Å². The van der Waals surface area contributed by atoms with Crippen LogP contribution in [0.2, 0.25) is 0 Å². The van der Waals surface area contributed by atoms with E-state index in [1.165, 1.54) is 34.4 Å². The number of carbonyl (C=O) groups is 2. The highest BCUT2D eigenvalue weighted by molar-refractivity contribution is 7.17. The third-order valence-corrected chi connectivity index (χ3v) is 7.05. The number of hydrogen-bond donors (Lipinski definition) is 1. The molecule has 1 N–H and O–H groups in total. The van der Waals surface area contributed by atoms with E-state index < -0.39 is 29.3 Å². The number of benzene rings is 2. The number of carbonyl (C=O) groups excluding carboxylic acids is 2. The lowest BCUT2D eigenvalue weighted by molar-refractivity contribution is -0.130. The van der Waals surface area contributed by atoms with Crippen LogP contribution in [0.5, 0.6) is 0 Å². The number of pyridine rings is 1. The van der Waals surface area contributed by atoms with Crippen molar-refractivity contribution < 1.29 is 19.1 Å². The molecule has 0 bridgehead atoms. The molecule has 0 spiro atoms. The first-order valence-electron chi connectivity index (χ1n) is 10.9. The topological polar surface area (TPSA) is 83.4 Å². The molecule has 1 amide bonds. The van der Waals surface area contributed by atoms with Gasteiger partial charge in [-0.25, -0.2) is 9.37 Å². The number of hydrogen-bond acceptors (Lipinski definition) is 6. The predicted molar refractivity (Wildman–Crippen MR) is 130 cm³/mol. The van der Waals surface area contributed by atoms with Crippen LogP contribution >= 0.6 is 11.3 Å². The summed E-state index contributed by atoms with van der Waals surface area (Å²) in [6.45, 7) is 1.75. The molecule has 4 aromatic rings. The van der Waals surface area contributed by atoms with Gasteiger partial charge in [-0.1, -0.05) is 54.6 Å². The fourth-order valence-corrected chi connectivity index (χ4v) is 5.22. The van der Waals surface area contributed by atoms with Gasteiger partial charge >= 0.3 is 0 Å². The van der Waals surface area contributed by atoms with Gasteiger partial charge in [-0.15, -0.1) is 11.3 Å². The van der Waals surface area contributed by atoms with Crippen LogP contribution in [0, 0.1) is 12.7 Å². The Balaban J connectivity index is 1.60. The van der Waals surface area contributed by atoms with Crippen molar-refractivity contribution in [3.8, 4) is 10.6 Å². The van der Waals surface area contributed by atoms with Crippen molar-refractivity contribution in [1.29, 1.82) is 0 Å². The molecular weight excluding hydrogens is 465 g/mol. The summed E-state index contributed by atoms with van der Waals surface area (Å²) in [7, 11) is 0. The molecule has 3 heterocycles. The molecule has 0 saturated carbocycles. The van der Waals surface area contributed by atoms with E-state index in [2.05, 4.69) is 9.97 Å². The smallest absolute Gasteiger partial charge is 0.290 e. The largest absolute Gasteiger partial charge is 0.503 e. The zero-order chi connectivity index (χ0) is 24.5. The first-order chi connectivity index (χ1) is 17.0. The standard InChI is InChI=1S/C27H20FN3O3S/c1-16-25(35-26(30-16)18-9-3-2-4-10-18)23(32)21-22(19-11-5-6-12-20(19)28)31(27(34)24(21)33)15-17-8-7-13-29-14-17/h2-14,22,33H,15H2,1H3. The minimum Gasteiger partial charge on any atom is -0.503 e. The Labute approximate surface area is 205 Å². The van der Waals surface area contributed by atoms with Crippen molar-refractivity contribution in [2.75, 3.05) is 0 Å². The van der Waals surface area contributed by atoms with Crippen molar-refractivity contribution >= 4 is 23.0 Å².